The van der Waals surface area contributed by atoms with Gasteiger partial charge in [-0.25, -0.2) is 9.29 Å². The van der Waals surface area contributed by atoms with E-state index in [-0.39, 0.29) is 12.2 Å². The van der Waals surface area contributed by atoms with Crippen LogP contribution in [-0.2, 0) is 21.2 Å². The number of alkyl halides is 3. The van der Waals surface area contributed by atoms with E-state index in [2.05, 4.69) is 9.71 Å². The SMILES string of the molecule is Cc1cccc(N(C)C(=O)[C@@H]2CNS(=O)(=O)N2c2cc(C(F)(F)F)cc(C)n2)c1. The smallest absolute Gasteiger partial charge is 0.314 e. The number of halogens is 3. The normalized spacial score (nSPS) is 18.7. The molecular weight excluding hydrogens is 409 g/mol. The number of amides is 1. The highest BCUT2D eigenvalue weighted by molar-refractivity contribution is 7.91. The van der Waals surface area contributed by atoms with Crippen LogP contribution in [0.25, 0.3) is 0 Å². The predicted molar refractivity (Wildman–Crippen MR) is 102 cm³/mol. The molecule has 1 aromatic heterocycles. The molecule has 0 bridgehead atoms. The molecule has 0 aliphatic carbocycles. The number of likely N-dealkylation sites (N-methyl/N-ethyl adjacent to an activating group) is 1. The number of anilines is 2. The molecule has 0 unspecified atom stereocenters. The molecule has 1 saturated heterocycles. The van der Waals surface area contributed by atoms with Crippen LogP contribution in [0.5, 0.6) is 0 Å². The lowest BCUT2D eigenvalue weighted by Gasteiger charge is -2.27. The fraction of sp³-hybridized carbons (Fsp3) is 0.333. The summed E-state index contributed by atoms with van der Waals surface area (Å²) in [6, 6.07) is 7.17. The zero-order valence-corrected chi connectivity index (χ0v) is 16.7. The quantitative estimate of drug-likeness (QED) is 0.814. The minimum atomic E-state index is -4.68. The van der Waals surface area contributed by atoms with Crippen molar-refractivity contribution in [3.05, 3.63) is 53.2 Å². The van der Waals surface area contributed by atoms with E-state index in [0.29, 0.717) is 16.1 Å². The molecule has 2 aromatic rings. The molecule has 3 rings (SSSR count). The number of hydrogen-bond donors (Lipinski definition) is 1. The largest absolute Gasteiger partial charge is 0.416 e. The number of hydrogen-bond acceptors (Lipinski definition) is 4. The molecule has 29 heavy (non-hydrogen) atoms. The van der Waals surface area contributed by atoms with Gasteiger partial charge in [-0.1, -0.05) is 12.1 Å². The monoisotopic (exact) mass is 428 g/mol. The second kappa shape index (κ2) is 7.30. The maximum Gasteiger partial charge on any atom is 0.416 e. The first-order chi connectivity index (χ1) is 13.4. The molecule has 1 atom stereocenters. The average molecular weight is 428 g/mol. The first-order valence-electron chi connectivity index (χ1n) is 8.59. The van der Waals surface area contributed by atoms with Crippen LogP contribution in [0.4, 0.5) is 24.7 Å². The molecule has 1 N–H and O–H groups in total. The Labute approximate surface area is 166 Å². The number of nitrogens with one attached hydrogen (secondary N) is 1. The summed E-state index contributed by atoms with van der Waals surface area (Å²) in [6.45, 7) is 2.88. The van der Waals surface area contributed by atoms with Gasteiger partial charge in [0.1, 0.15) is 11.9 Å². The Morgan fingerprint density at radius 1 is 1.24 bits per heavy atom. The Morgan fingerprint density at radius 2 is 1.93 bits per heavy atom. The maximum atomic E-state index is 13.2. The summed E-state index contributed by atoms with van der Waals surface area (Å²) in [5.74, 6) is -1.06. The molecule has 11 heteroatoms. The summed E-state index contributed by atoms with van der Waals surface area (Å²) in [5.41, 5.74) is 0.370. The van der Waals surface area contributed by atoms with Crippen molar-refractivity contribution < 1.29 is 26.4 Å². The van der Waals surface area contributed by atoms with Gasteiger partial charge < -0.3 is 4.90 Å². The van der Waals surface area contributed by atoms with E-state index < -0.39 is 39.7 Å². The third-order valence-corrected chi connectivity index (χ3v) is 5.99. The summed E-state index contributed by atoms with van der Waals surface area (Å²) >= 11 is 0. The zero-order chi connectivity index (χ0) is 21.6. The van der Waals surface area contributed by atoms with Crippen molar-refractivity contribution in [1.29, 1.82) is 0 Å². The van der Waals surface area contributed by atoms with Gasteiger partial charge in [-0.3, -0.25) is 4.79 Å². The van der Waals surface area contributed by atoms with E-state index in [1.165, 1.54) is 18.9 Å². The first kappa shape index (κ1) is 21.1. The van der Waals surface area contributed by atoms with Crippen LogP contribution < -0.4 is 13.9 Å². The van der Waals surface area contributed by atoms with E-state index in [4.69, 9.17) is 0 Å². The highest BCUT2D eigenvalue weighted by atomic mass is 32.2. The van der Waals surface area contributed by atoms with Gasteiger partial charge in [-0.2, -0.15) is 26.3 Å². The molecule has 0 saturated carbocycles. The molecule has 1 amide bonds. The van der Waals surface area contributed by atoms with E-state index in [0.717, 1.165) is 11.6 Å². The Balaban J connectivity index is 2.03. The van der Waals surface area contributed by atoms with E-state index in [1.807, 2.05) is 13.0 Å². The topological polar surface area (TPSA) is 82.6 Å². The minimum absolute atomic E-state index is 0.0184. The van der Waals surface area contributed by atoms with Crippen molar-refractivity contribution in [2.45, 2.75) is 26.1 Å². The summed E-state index contributed by atoms with van der Waals surface area (Å²) in [5, 5.41) is 0. The van der Waals surface area contributed by atoms with Crippen molar-refractivity contribution in [1.82, 2.24) is 9.71 Å². The van der Waals surface area contributed by atoms with Crippen molar-refractivity contribution in [3.63, 3.8) is 0 Å². The zero-order valence-electron chi connectivity index (χ0n) is 15.9. The molecule has 2 heterocycles. The van der Waals surface area contributed by atoms with Crippen LogP contribution in [-0.4, -0.2) is 38.9 Å². The Bertz CT molecular complexity index is 1060. The molecule has 1 aliphatic heterocycles. The number of rotatable bonds is 3. The fourth-order valence-electron chi connectivity index (χ4n) is 3.09. The molecule has 1 fully saturated rings. The summed E-state index contributed by atoms with van der Waals surface area (Å²) in [6.07, 6.45) is -4.68. The fourth-order valence-corrected chi connectivity index (χ4v) is 4.44. The highest BCUT2D eigenvalue weighted by Gasteiger charge is 2.44. The van der Waals surface area contributed by atoms with Crippen LogP contribution >= 0.6 is 0 Å². The lowest BCUT2D eigenvalue weighted by Crippen LogP contribution is -2.47. The maximum absolute atomic E-state index is 13.2. The van der Waals surface area contributed by atoms with Gasteiger partial charge >= 0.3 is 16.4 Å². The Hall–Kier alpha value is -2.66. The molecule has 1 aromatic carbocycles. The first-order valence-corrected chi connectivity index (χ1v) is 10.0. The minimum Gasteiger partial charge on any atom is -0.314 e. The van der Waals surface area contributed by atoms with Gasteiger partial charge in [0.15, 0.2) is 0 Å². The molecule has 0 radical (unpaired) electrons. The molecule has 1 aliphatic rings. The molecule has 0 spiro atoms. The summed E-state index contributed by atoms with van der Waals surface area (Å²) < 4.78 is 67.3. The van der Waals surface area contributed by atoms with Crippen molar-refractivity contribution in [3.8, 4) is 0 Å². The molecule has 156 valence electrons. The Kier molecular flexibility index (Phi) is 5.30. The highest BCUT2D eigenvalue weighted by Crippen LogP contribution is 2.33. The third kappa shape index (κ3) is 4.20. The number of benzene rings is 1. The van der Waals surface area contributed by atoms with Crippen LogP contribution in [0.2, 0.25) is 0 Å². The summed E-state index contributed by atoms with van der Waals surface area (Å²) in [4.78, 5) is 18.2. The predicted octanol–water partition coefficient (Wildman–Crippen LogP) is 2.40. The number of carbonyl (C=O) groups is 1. The van der Waals surface area contributed by atoms with E-state index >= 15 is 0 Å². The Morgan fingerprint density at radius 3 is 2.55 bits per heavy atom. The van der Waals surface area contributed by atoms with Crippen LogP contribution in [0, 0.1) is 13.8 Å². The molecule has 7 nitrogen and oxygen atoms in total. The van der Waals surface area contributed by atoms with Crippen molar-refractivity contribution in [2.75, 3.05) is 22.8 Å². The van der Waals surface area contributed by atoms with Gasteiger partial charge in [0.25, 0.3) is 5.91 Å². The van der Waals surface area contributed by atoms with Crippen LogP contribution in [0.3, 0.4) is 0 Å². The van der Waals surface area contributed by atoms with Crippen LogP contribution in [0.1, 0.15) is 16.8 Å². The standard InChI is InChI=1S/C18H19F3N4O3S/c1-11-5-4-6-14(7-11)24(3)17(26)15-10-22-29(27,28)25(15)16-9-13(18(19,20)21)8-12(2)23-16/h4-9,15,22H,10H2,1-3H3/t15-/m0/s1. The lowest BCUT2D eigenvalue weighted by molar-refractivity contribution is -0.137. The average Bonchev–Trinajstić information content (AvgIpc) is 2.94. The van der Waals surface area contributed by atoms with E-state index in [1.54, 1.807) is 18.2 Å². The van der Waals surface area contributed by atoms with Gasteiger partial charge in [0.05, 0.1) is 5.56 Å². The molecular formula is C18H19F3N4O3S. The van der Waals surface area contributed by atoms with Gasteiger partial charge in [0, 0.05) is 25.0 Å². The summed E-state index contributed by atoms with van der Waals surface area (Å²) in [7, 11) is -2.75. The number of aryl methyl sites for hydroxylation is 2. The number of nitrogens with zero attached hydrogens (tertiary/aromatic N) is 3. The number of pyridine rings is 1. The van der Waals surface area contributed by atoms with Gasteiger partial charge in [0.2, 0.25) is 0 Å². The second-order valence-corrected chi connectivity index (χ2v) is 8.39. The lowest BCUT2D eigenvalue weighted by atomic mass is 10.1. The number of aromatic nitrogens is 1. The van der Waals surface area contributed by atoms with Gasteiger partial charge in [-0.05, 0) is 43.7 Å². The third-order valence-electron chi connectivity index (χ3n) is 4.50. The van der Waals surface area contributed by atoms with E-state index in [9.17, 15) is 26.4 Å². The van der Waals surface area contributed by atoms with Crippen molar-refractivity contribution >= 4 is 27.6 Å². The van der Waals surface area contributed by atoms with Crippen molar-refractivity contribution in [2.24, 2.45) is 0 Å². The van der Waals surface area contributed by atoms with Gasteiger partial charge in [-0.15, -0.1) is 0 Å². The second-order valence-electron chi connectivity index (χ2n) is 6.75. The number of carbonyl (C=O) groups excluding carboxylic acids is 1. The van der Waals surface area contributed by atoms with Crippen LogP contribution in [0.15, 0.2) is 36.4 Å².